The number of rotatable bonds is 5. The molecule has 2 N–H and O–H groups in total. The number of aliphatic imine (C=N–C) groups is 1. The van der Waals surface area contributed by atoms with E-state index in [-0.39, 0.29) is 0 Å². The number of hydrogen-bond donors (Lipinski definition) is 2. The quantitative estimate of drug-likeness (QED) is 0.603. The molecule has 2 aliphatic carbocycles. The van der Waals surface area contributed by atoms with Crippen molar-refractivity contribution in [2.24, 2.45) is 16.8 Å². The molecular weight excluding hydrogens is 260 g/mol. The number of hydrogen-bond acceptors (Lipinski definition) is 2. The topological polar surface area (TPSA) is 39.7 Å². The zero-order valence-electron chi connectivity index (χ0n) is 13.8. The van der Waals surface area contributed by atoms with E-state index in [1.807, 2.05) is 0 Å². The fourth-order valence-electron chi connectivity index (χ4n) is 3.88. The van der Waals surface area contributed by atoms with Gasteiger partial charge in [-0.1, -0.05) is 19.8 Å². The van der Waals surface area contributed by atoms with Gasteiger partial charge in [-0.05, 0) is 44.4 Å². The van der Waals surface area contributed by atoms with E-state index in [0.29, 0.717) is 6.04 Å². The van der Waals surface area contributed by atoms with Crippen LogP contribution in [0.2, 0.25) is 0 Å². The monoisotopic (exact) mass is 292 g/mol. The summed E-state index contributed by atoms with van der Waals surface area (Å²) in [6.45, 7) is 8.89. The van der Waals surface area contributed by atoms with Crippen molar-refractivity contribution in [1.29, 1.82) is 0 Å². The van der Waals surface area contributed by atoms with Gasteiger partial charge in [0, 0.05) is 38.3 Å². The molecule has 3 fully saturated rings. The molecule has 2 saturated carbocycles. The molecule has 1 heterocycles. The van der Waals surface area contributed by atoms with Gasteiger partial charge in [0.1, 0.15) is 0 Å². The Morgan fingerprint density at radius 3 is 2.67 bits per heavy atom. The van der Waals surface area contributed by atoms with Gasteiger partial charge >= 0.3 is 0 Å². The molecule has 3 atom stereocenters. The zero-order chi connectivity index (χ0) is 14.7. The summed E-state index contributed by atoms with van der Waals surface area (Å²) in [6.07, 6.45) is 8.33. The first kappa shape index (κ1) is 15.1. The largest absolute Gasteiger partial charge is 0.357 e. The van der Waals surface area contributed by atoms with Crippen LogP contribution in [0, 0.1) is 11.8 Å². The molecule has 0 aromatic heterocycles. The zero-order valence-corrected chi connectivity index (χ0v) is 13.8. The van der Waals surface area contributed by atoms with Crippen molar-refractivity contribution in [2.45, 2.75) is 64.5 Å². The summed E-state index contributed by atoms with van der Waals surface area (Å²) < 4.78 is 0. The molecule has 0 spiro atoms. The second-order valence-electron chi connectivity index (χ2n) is 7.26. The van der Waals surface area contributed by atoms with Crippen LogP contribution in [-0.2, 0) is 0 Å². The summed E-state index contributed by atoms with van der Waals surface area (Å²) in [7, 11) is 0. The molecule has 120 valence electrons. The van der Waals surface area contributed by atoms with Gasteiger partial charge in [-0.3, -0.25) is 9.89 Å². The smallest absolute Gasteiger partial charge is 0.191 e. The highest BCUT2D eigenvalue weighted by Gasteiger charge is 2.33. The van der Waals surface area contributed by atoms with Crippen LogP contribution < -0.4 is 10.6 Å². The molecule has 4 heteroatoms. The molecule has 1 aliphatic heterocycles. The van der Waals surface area contributed by atoms with Crippen molar-refractivity contribution in [3.63, 3.8) is 0 Å². The highest BCUT2D eigenvalue weighted by Crippen LogP contribution is 2.37. The molecular formula is C17H32N4. The summed E-state index contributed by atoms with van der Waals surface area (Å²) >= 11 is 0. The molecule has 4 nitrogen and oxygen atoms in total. The van der Waals surface area contributed by atoms with Gasteiger partial charge in [-0.2, -0.15) is 0 Å². The van der Waals surface area contributed by atoms with Crippen molar-refractivity contribution >= 4 is 5.96 Å². The van der Waals surface area contributed by atoms with Crippen LogP contribution in [0.15, 0.2) is 4.99 Å². The standard InChI is InChI=1S/C17H32N4/c1-3-18-17(19-11-14-10-13(14)2)20-15-8-9-21(12-15)16-6-4-5-7-16/h13-16H,3-12H2,1-2H3,(H2,18,19,20). The third kappa shape index (κ3) is 4.12. The Morgan fingerprint density at radius 2 is 2.00 bits per heavy atom. The molecule has 0 aromatic carbocycles. The Kier molecular flexibility index (Phi) is 5.04. The molecule has 1 saturated heterocycles. The molecule has 3 unspecified atom stereocenters. The van der Waals surface area contributed by atoms with Crippen LogP contribution in [-0.4, -0.2) is 49.1 Å². The first-order valence-electron chi connectivity index (χ1n) is 9.05. The normalized spacial score (nSPS) is 34.4. The highest BCUT2D eigenvalue weighted by molar-refractivity contribution is 5.80. The van der Waals surface area contributed by atoms with Crippen LogP contribution >= 0.6 is 0 Å². The van der Waals surface area contributed by atoms with Crippen molar-refractivity contribution in [2.75, 3.05) is 26.2 Å². The van der Waals surface area contributed by atoms with Crippen molar-refractivity contribution < 1.29 is 0 Å². The first-order chi connectivity index (χ1) is 10.3. The molecule has 0 radical (unpaired) electrons. The second-order valence-corrected chi connectivity index (χ2v) is 7.26. The average molecular weight is 292 g/mol. The molecule has 3 aliphatic rings. The van der Waals surface area contributed by atoms with Crippen molar-refractivity contribution in [3.8, 4) is 0 Å². The van der Waals surface area contributed by atoms with Crippen LogP contribution in [0.25, 0.3) is 0 Å². The third-order valence-corrected chi connectivity index (χ3v) is 5.51. The van der Waals surface area contributed by atoms with E-state index in [9.17, 15) is 0 Å². The molecule has 3 rings (SSSR count). The van der Waals surface area contributed by atoms with Gasteiger partial charge < -0.3 is 10.6 Å². The van der Waals surface area contributed by atoms with E-state index in [0.717, 1.165) is 36.9 Å². The maximum absolute atomic E-state index is 4.79. The van der Waals surface area contributed by atoms with E-state index >= 15 is 0 Å². The van der Waals surface area contributed by atoms with Crippen LogP contribution in [0.3, 0.4) is 0 Å². The van der Waals surface area contributed by atoms with Gasteiger partial charge in [-0.15, -0.1) is 0 Å². The number of nitrogens with zero attached hydrogens (tertiary/aromatic N) is 2. The van der Waals surface area contributed by atoms with Crippen molar-refractivity contribution in [3.05, 3.63) is 0 Å². The Morgan fingerprint density at radius 1 is 1.24 bits per heavy atom. The lowest BCUT2D eigenvalue weighted by molar-refractivity contribution is 0.242. The Bertz CT molecular complexity index is 362. The Labute approximate surface area is 129 Å². The lowest BCUT2D eigenvalue weighted by atomic mass is 10.2. The maximum atomic E-state index is 4.79. The minimum Gasteiger partial charge on any atom is -0.357 e. The molecule has 0 bridgehead atoms. The fraction of sp³-hybridized carbons (Fsp3) is 0.941. The number of likely N-dealkylation sites (tertiary alicyclic amines) is 1. The highest BCUT2D eigenvalue weighted by atomic mass is 15.3. The summed E-state index contributed by atoms with van der Waals surface area (Å²) in [5.74, 6) is 2.76. The fourth-order valence-corrected chi connectivity index (χ4v) is 3.88. The van der Waals surface area contributed by atoms with E-state index in [4.69, 9.17) is 4.99 Å². The Balaban J connectivity index is 1.46. The second kappa shape index (κ2) is 6.99. The number of nitrogens with one attached hydrogen (secondary N) is 2. The predicted molar refractivity (Wildman–Crippen MR) is 88.6 cm³/mol. The van der Waals surface area contributed by atoms with Gasteiger partial charge in [-0.25, -0.2) is 0 Å². The van der Waals surface area contributed by atoms with Crippen LogP contribution in [0.1, 0.15) is 52.4 Å². The van der Waals surface area contributed by atoms with E-state index in [1.54, 1.807) is 0 Å². The predicted octanol–water partition coefficient (Wildman–Crippen LogP) is 2.21. The average Bonchev–Trinajstić information content (AvgIpc) is 2.92. The van der Waals surface area contributed by atoms with Gasteiger partial charge in [0.05, 0.1) is 0 Å². The van der Waals surface area contributed by atoms with Gasteiger partial charge in [0.2, 0.25) is 0 Å². The summed E-state index contributed by atoms with van der Waals surface area (Å²) in [5.41, 5.74) is 0. The minimum atomic E-state index is 0.583. The Hall–Kier alpha value is -0.770. The van der Waals surface area contributed by atoms with Gasteiger partial charge in [0.15, 0.2) is 5.96 Å². The van der Waals surface area contributed by atoms with E-state index in [1.165, 1.54) is 51.6 Å². The molecule has 0 aromatic rings. The lowest BCUT2D eigenvalue weighted by Crippen LogP contribution is -2.45. The maximum Gasteiger partial charge on any atom is 0.191 e. The van der Waals surface area contributed by atoms with Crippen molar-refractivity contribution in [1.82, 2.24) is 15.5 Å². The van der Waals surface area contributed by atoms with E-state index < -0.39 is 0 Å². The van der Waals surface area contributed by atoms with Gasteiger partial charge in [0.25, 0.3) is 0 Å². The number of guanidine groups is 1. The summed E-state index contributed by atoms with van der Waals surface area (Å²) in [4.78, 5) is 7.49. The molecule has 21 heavy (non-hydrogen) atoms. The first-order valence-corrected chi connectivity index (χ1v) is 9.05. The third-order valence-electron chi connectivity index (χ3n) is 5.51. The lowest BCUT2D eigenvalue weighted by Gasteiger charge is -2.24. The summed E-state index contributed by atoms with van der Waals surface area (Å²) in [5, 5.41) is 7.08. The van der Waals surface area contributed by atoms with Crippen LogP contribution in [0.4, 0.5) is 0 Å². The SMILES string of the molecule is CCNC(=NCC1CC1C)NC1CCN(C2CCCC2)C1. The summed E-state index contributed by atoms with van der Waals surface area (Å²) in [6, 6.07) is 1.45. The minimum absolute atomic E-state index is 0.583. The molecule has 0 amide bonds. The van der Waals surface area contributed by atoms with E-state index in [2.05, 4.69) is 29.4 Å². The van der Waals surface area contributed by atoms with Crippen LogP contribution in [0.5, 0.6) is 0 Å².